The van der Waals surface area contributed by atoms with Gasteiger partial charge in [0.15, 0.2) is 17.5 Å². The summed E-state index contributed by atoms with van der Waals surface area (Å²) in [5, 5.41) is 9.52. The van der Waals surface area contributed by atoms with E-state index in [1.807, 2.05) is 72.8 Å². The number of nitriles is 1. The zero-order valence-electron chi connectivity index (χ0n) is 27.9. The Hall–Kier alpha value is -6.61. The fourth-order valence-corrected chi connectivity index (χ4v) is 9.34. The molecule has 5 heteroatoms. The molecule has 242 valence electrons. The molecule has 1 atom stereocenters. The molecule has 0 radical (unpaired) electrons. The van der Waals surface area contributed by atoms with Crippen LogP contribution in [-0.4, -0.2) is 15.0 Å². The molecule has 0 amide bonds. The molecule has 0 saturated carbocycles. The van der Waals surface area contributed by atoms with Gasteiger partial charge < -0.3 is 0 Å². The Morgan fingerprint density at radius 2 is 0.962 bits per heavy atom. The number of hydrogen-bond acceptors (Lipinski definition) is 5. The maximum atomic E-state index is 9.52. The van der Waals surface area contributed by atoms with Gasteiger partial charge >= 0.3 is 0 Å². The predicted molar refractivity (Wildman–Crippen MR) is 208 cm³/mol. The van der Waals surface area contributed by atoms with E-state index in [0.717, 1.165) is 32.7 Å². The minimum Gasteiger partial charge on any atom is -0.208 e. The summed E-state index contributed by atoms with van der Waals surface area (Å²) in [6.45, 7) is 0. The van der Waals surface area contributed by atoms with Crippen molar-refractivity contribution < 1.29 is 0 Å². The van der Waals surface area contributed by atoms with E-state index in [0.29, 0.717) is 23.0 Å². The second kappa shape index (κ2) is 12.0. The quantitative estimate of drug-likeness (QED) is 0.185. The monoisotopic (exact) mass is 680 g/mol. The van der Waals surface area contributed by atoms with E-state index in [-0.39, 0.29) is 0 Å². The summed E-state index contributed by atoms with van der Waals surface area (Å²) in [5.41, 5.74) is 12.6. The van der Waals surface area contributed by atoms with Crippen LogP contribution in [0.15, 0.2) is 180 Å². The van der Waals surface area contributed by atoms with Gasteiger partial charge in [0.25, 0.3) is 0 Å². The summed E-state index contributed by atoms with van der Waals surface area (Å²) in [4.78, 5) is 17.7. The fourth-order valence-electron chi connectivity index (χ4n) is 8.04. The van der Waals surface area contributed by atoms with Crippen molar-refractivity contribution in [3.63, 3.8) is 0 Å². The second-order valence-corrected chi connectivity index (χ2v) is 14.1. The summed E-state index contributed by atoms with van der Waals surface area (Å²) in [6, 6.07) is 61.4. The predicted octanol–water partition coefficient (Wildman–Crippen LogP) is 11.2. The van der Waals surface area contributed by atoms with Gasteiger partial charge in [-0.3, -0.25) is 0 Å². The molecule has 0 N–H and O–H groups in total. The molecule has 4 nitrogen and oxygen atoms in total. The van der Waals surface area contributed by atoms with E-state index in [1.54, 1.807) is 11.8 Å². The van der Waals surface area contributed by atoms with Gasteiger partial charge in [0, 0.05) is 26.5 Å². The molecule has 0 saturated heterocycles. The van der Waals surface area contributed by atoms with Gasteiger partial charge in [-0.25, -0.2) is 15.0 Å². The van der Waals surface area contributed by atoms with Crippen LogP contribution < -0.4 is 0 Å². The minimum absolute atomic E-state index is 0.584. The van der Waals surface area contributed by atoms with Gasteiger partial charge in [-0.2, -0.15) is 5.26 Å². The SMILES string of the molecule is N#Cc1ccc(-c2cccc3c2-c2ccccc2C32c3ccccc3Sc3c(-c4nc(-c5ccccc5)nc(-c5ccccc5)n4)cccc32)cc1. The standard InChI is InChI=1S/C47H28N4S/c48-29-30-25-27-31(28-26-30)34-18-11-22-39-42(34)35-17-7-8-20-37(35)47(39)38-21-9-10-24-41(38)52-43-36(19-12-23-40(43)47)46-50-44(32-13-3-1-4-14-32)49-45(51-46)33-15-5-2-6-16-33/h1-28H. The summed E-state index contributed by atoms with van der Waals surface area (Å²) in [6.07, 6.45) is 0. The topological polar surface area (TPSA) is 62.5 Å². The van der Waals surface area contributed by atoms with Crippen molar-refractivity contribution in [2.24, 2.45) is 0 Å². The highest BCUT2D eigenvalue weighted by Crippen LogP contribution is 2.64. The third kappa shape index (κ3) is 4.52. The average molecular weight is 681 g/mol. The molecule has 1 aromatic heterocycles. The number of fused-ring (bicyclic) bond motifs is 9. The Bertz CT molecular complexity index is 2660. The third-order valence-corrected chi connectivity index (χ3v) is 11.5. The van der Waals surface area contributed by atoms with Crippen molar-refractivity contribution in [3.8, 4) is 62.5 Å². The first-order valence-electron chi connectivity index (χ1n) is 17.3. The number of benzene rings is 7. The molecule has 8 aromatic rings. The van der Waals surface area contributed by atoms with E-state index in [2.05, 4.69) is 103 Å². The van der Waals surface area contributed by atoms with Crippen molar-refractivity contribution in [1.29, 1.82) is 5.26 Å². The van der Waals surface area contributed by atoms with E-state index in [4.69, 9.17) is 15.0 Å². The molecular formula is C47H28N4S. The van der Waals surface area contributed by atoms with Gasteiger partial charge in [0.05, 0.1) is 17.0 Å². The van der Waals surface area contributed by atoms with Crippen molar-refractivity contribution in [2.45, 2.75) is 15.2 Å². The molecule has 0 bridgehead atoms. The molecule has 1 aliphatic carbocycles. The maximum absolute atomic E-state index is 9.52. The molecule has 10 rings (SSSR count). The Morgan fingerprint density at radius 1 is 0.423 bits per heavy atom. The fraction of sp³-hybridized carbons (Fsp3) is 0.0213. The summed E-state index contributed by atoms with van der Waals surface area (Å²) < 4.78 is 0. The van der Waals surface area contributed by atoms with Crippen molar-refractivity contribution in [3.05, 3.63) is 198 Å². The lowest BCUT2D eigenvalue weighted by Gasteiger charge is -2.40. The van der Waals surface area contributed by atoms with Crippen LogP contribution in [0.4, 0.5) is 0 Å². The highest BCUT2D eigenvalue weighted by Gasteiger charge is 2.51. The maximum Gasteiger partial charge on any atom is 0.165 e. The largest absolute Gasteiger partial charge is 0.208 e. The van der Waals surface area contributed by atoms with Gasteiger partial charge in [-0.15, -0.1) is 0 Å². The van der Waals surface area contributed by atoms with E-state index >= 15 is 0 Å². The molecule has 2 heterocycles. The lowest BCUT2D eigenvalue weighted by atomic mass is 9.67. The summed E-state index contributed by atoms with van der Waals surface area (Å²) in [5.74, 6) is 1.92. The van der Waals surface area contributed by atoms with E-state index in [9.17, 15) is 5.26 Å². The van der Waals surface area contributed by atoms with E-state index < -0.39 is 5.41 Å². The number of aromatic nitrogens is 3. The molecular weight excluding hydrogens is 653 g/mol. The minimum atomic E-state index is -0.584. The van der Waals surface area contributed by atoms with Crippen LogP contribution in [0, 0.1) is 11.3 Å². The molecule has 0 fully saturated rings. The van der Waals surface area contributed by atoms with Crippen LogP contribution in [0.25, 0.3) is 56.4 Å². The summed E-state index contributed by atoms with van der Waals surface area (Å²) in [7, 11) is 0. The second-order valence-electron chi connectivity index (χ2n) is 13.0. The molecule has 7 aromatic carbocycles. The molecule has 52 heavy (non-hydrogen) atoms. The lowest BCUT2D eigenvalue weighted by molar-refractivity contribution is 0.723. The molecule has 1 aliphatic heterocycles. The molecule has 1 unspecified atom stereocenters. The van der Waals surface area contributed by atoms with Crippen LogP contribution in [0.1, 0.15) is 27.8 Å². The first-order chi connectivity index (χ1) is 25.7. The van der Waals surface area contributed by atoms with Gasteiger partial charge in [0.1, 0.15) is 0 Å². The van der Waals surface area contributed by atoms with Gasteiger partial charge in [0.2, 0.25) is 0 Å². The summed E-state index contributed by atoms with van der Waals surface area (Å²) >= 11 is 1.79. The van der Waals surface area contributed by atoms with Crippen molar-refractivity contribution in [2.75, 3.05) is 0 Å². The normalized spacial score (nSPS) is 14.9. The highest BCUT2D eigenvalue weighted by atomic mass is 32.2. The van der Waals surface area contributed by atoms with Gasteiger partial charge in [-0.05, 0) is 62.7 Å². The Kier molecular flexibility index (Phi) is 6.99. The first kappa shape index (κ1) is 30.2. The Balaban J connectivity index is 1.27. The molecule has 1 spiro atoms. The number of rotatable bonds is 4. The van der Waals surface area contributed by atoms with Crippen LogP contribution in [-0.2, 0) is 5.41 Å². The first-order valence-corrected chi connectivity index (χ1v) is 18.1. The van der Waals surface area contributed by atoms with Gasteiger partial charge in [-0.1, -0.05) is 163 Å². The Labute approximate surface area is 306 Å². The van der Waals surface area contributed by atoms with Crippen LogP contribution >= 0.6 is 11.8 Å². The van der Waals surface area contributed by atoms with Crippen LogP contribution in [0.2, 0.25) is 0 Å². The number of nitrogens with zero attached hydrogens (tertiary/aromatic N) is 4. The smallest absolute Gasteiger partial charge is 0.165 e. The lowest BCUT2D eigenvalue weighted by Crippen LogP contribution is -2.32. The zero-order chi connectivity index (χ0) is 34.6. The van der Waals surface area contributed by atoms with E-state index in [1.165, 1.54) is 38.3 Å². The van der Waals surface area contributed by atoms with Crippen LogP contribution in [0.3, 0.4) is 0 Å². The van der Waals surface area contributed by atoms with Crippen molar-refractivity contribution in [1.82, 2.24) is 15.0 Å². The molecule has 2 aliphatic rings. The average Bonchev–Trinajstić information content (AvgIpc) is 3.52. The van der Waals surface area contributed by atoms with Crippen molar-refractivity contribution >= 4 is 11.8 Å². The zero-order valence-corrected chi connectivity index (χ0v) is 28.7. The third-order valence-electron chi connectivity index (χ3n) is 10.3. The highest BCUT2D eigenvalue weighted by molar-refractivity contribution is 7.99. The number of hydrogen-bond donors (Lipinski definition) is 0. The Morgan fingerprint density at radius 3 is 1.65 bits per heavy atom. The van der Waals surface area contributed by atoms with Crippen LogP contribution in [0.5, 0.6) is 0 Å².